The fourth-order valence-corrected chi connectivity index (χ4v) is 4.86. The maximum absolute atomic E-state index is 13.0. The number of benzene rings is 1. The third kappa shape index (κ3) is 3.71. The Kier molecular flexibility index (Phi) is 5.25. The molecular formula is C22H30N5O2+. The lowest BCUT2D eigenvalue weighted by Crippen LogP contribution is -2.61. The minimum atomic E-state index is -0.544. The van der Waals surface area contributed by atoms with Crippen molar-refractivity contribution in [3.63, 3.8) is 0 Å². The van der Waals surface area contributed by atoms with E-state index < -0.39 is 6.04 Å². The normalized spacial score (nSPS) is 28.1. The second-order valence-electron chi connectivity index (χ2n) is 8.78. The first-order valence-corrected chi connectivity index (χ1v) is 10.4. The lowest BCUT2D eigenvalue weighted by Gasteiger charge is -2.34. The van der Waals surface area contributed by atoms with E-state index in [0.29, 0.717) is 30.8 Å². The summed E-state index contributed by atoms with van der Waals surface area (Å²) in [5.41, 5.74) is 1.12. The quantitative estimate of drug-likeness (QED) is 0.730. The van der Waals surface area contributed by atoms with Gasteiger partial charge >= 0.3 is 11.9 Å². The van der Waals surface area contributed by atoms with Crippen LogP contribution in [0.2, 0.25) is 0 Å². The minimum Gasteiger partial charge on any atom is -0.292 e. The molecule has 1 aromatic rings. The Morgan fingerprint density at radius 1 is 1.03 bits per heavy atom. The lowest BCUT2D eigenvalue weighted by molar-refractivity contribution is -0.552. The highest BCUT2D eigenvalue weighted by Gasteiger charge is 2.53. The Bertz CT molecular complexity index is 868. The molecule has 0 bridgehead atoms. The lowest BCUT2D eigenvalue weighted by atomic mass is 9.92. The molecule has 0 aliphatic carbocycles. The van der Waals surface area contributed by atoms with Crippen molar-refractivity contribution in [3.05, 3.63) is 35.9 Å². The fraction of sp³-hybridized carbons (Fsp3) is 0.545. The minimum absolute atomic E-state index is 0.210. The van der Waals surface area contributed by atoms with Gasteiger partial charge < -0.3 is 0 Å². The van der Waals surface area contributed by atoms with E-state index in [1.165, 1.54) is 16.2 Å². The largest absolute Gasteiger partial charge is 0.333 e. The van der Waals surface area contributed by atoms with E-state index in [-0.39, 0.29) is 11.9 Å². The maximum Gasteiger partial charge on any atom is 0.333 e. The predicted molar refractivity (Wildman–Crippen MR) is 112 cm³/mol. The molecule has 3 atom stereocenters. The van der Waals surface area contributed by atoms with Crippen LogP contribution in [0.4, 0.5) is 4.79 Å². The highest BCUT2D eigenvalue weighted by atomic mass is 16.2. The van der Waals surface area contributed by atoms with E-state index in [2.05, 4.69) is 35.5 Å². The summed E-state index contributed by atoms with van der Waals surface area (Å²) in [4.78, 5) is 35.4. The molecule has 3 amide bonds. The summed E-state index contributed by atoms with van der Waals surface area (Å²) in [6.07, 6.45) is 1.25. The van der Waals surface area contributed by atoms with Gasteiger partial charge in [0.25, 0.3) is 17.8 Å². The SMILES string of the molecule is CC1CC(C)CN(CC2=[N+](Cc3ccccc3)C3C(=O)N(C)C(=O)N(C)C3=N2)C1. The Labute approximate surface area is 172 Å². The van der Waals surface area contributed by atoms with E-state index in [0.717, 1.165) is 24.5 Å². The molecule has 0 aromatic heterocycles. The number of fused-ring (bicyclic) bond motifs is 1. The van der Waals surface area contributed by atoms with Crippen LogP contribution in [0.15, 0.2) is 35.3 Å². The summed E-state index contributed by atoms with van der Waals surface area (Å²) in [6.45, 7) is 7.94. The summed E-state index contributed by atoms with van der Waals surface area (Å²) in [5.74, 6) is 2.50. The third-order valence-electron chi connectivity index (χ3n) is 6.12. The van der Waals surface area contributed by atoms with Crippen LogP contribution in [0.25, 0.3) is 0 Å². The Balaban J connectivity index is 1.69. The first kappa shape index (κ1) is 19.8. The molecule has 0 saturated carbocycles. The molecule has 3 aliphatic rings. The molecule has 0 radical (unpaired) electrons. The number of rotatable bonds is 4. The van der Waals surface area contributed by atoms with Crippen LogP contribution in [0.3, 0.4) is 0 Å². The van der Waals surface area contributed by atoms with Gasteiger partial charge in [-0.1, -0.05) is 44.2 Å². The van der Waals surface area contributed by atoms with Gasteiger partial charge in [-0.3, -0.25) is 19.5 Å². The van der Waals surface area contributed by atoms with Crippen LogP contribution in [-0.2, 0) is 11.3 Å². The number of carbonyl (C=O) groups is 2. The van der Waals surface area contributed by atoms with Crippen molar-refractivity contribution < 1.29 is 14.2 Å². The Hall–Kier alpha value is -2.54. The van der Waals surface area contributed by atoms with Crippen molar-refractivity contribution in [2.75, 3.05) is 33.7 Å². The summed E-state index contributed by atoms with van der Waals surface area (Å²) in [6, 6.07) is 9.25. The molecule has 29 heavy (non-hydrogen) atoms. The first-order valence-electron chi connectivity index (χ1n) is 10.4. The van der Waals surface area contributed by atoms with Gasteiger partial charge in [0.05, 0.1) is 0 Å². The van der Waals surface area contributed by atoms with E-state index in [1.54, 1.807) is 14.1 Å². The molecule has 3 aliphatic heterocycles. The monoisotopic (exact) mass is 396 g/mol. The van der Waals surface area contributed by atoms with Gasteiger partial charge in [-0.05, 0) is 28.8 Å². The zero-order valence-electron chi connectivity index (χ0n) is 17.7. The average molecular weight is 397 g/mol. The molecule has 4 rings (SSSR count). The number of urea groups is 1. The topological polar surface area (TPSA) is 59.2 Å². The van der Waals surface area contributed by atoms with Gasteiger partial charge in [0.2, 0.25) is 0 Å². The van der Waals surface area contributed by atoms with E-state index in [9.17, 15) is 9.59 Å². The van der Waals surface area contributed by atoms with E-state index >= 15 is 0 Å². The number of amides is 3. The van der Waals surface area contributed by atoms with E-state index in [4.69, 9.17) is 4.99 Å². The van der Waals surface area contributed by atoms with Crippen LogP contribution >= 0.6 is 0 Å². The van der Waals surface area contributed by atoms with Crippen LogP contribution < -0.4 is 0 Å². The zero-order valence-corrected chi connectivity index (χ0v) is 17.7. The van der Waals surface area contributed by atoms with Crippen molar-refractivity contribution in [1.82, 2.24) is 14.7 Å². The van der Waals surface area contributed by atoms with Crippen LogP contribution in [0.1, 0.15) is 25.8 Å². The smallest absolute Gasteiger partial charge is 0.292 e. The number of amidine groups is 2. The second kappa shape index (κ2) is 7.71. The number of carbonyl (C=O) groups excluding carboxylic acids is 2. The standard InChI is InChI=1S/C22H30N5O2/c1-15-10-16(2)12-26(11-15)14-18-23-20-19(21(28)25(4)22(29)24(20)3)27(18)13-17-8-6-5-7-9-17/h5-9,15-16,19H,10-14H2,1-4H3/q+1. The molecule has 3 heterocycles. The number of hydrogen-bond acceptors (Lipinski definition) is 4. The van der Waals surface area contributed by atoms with Gasteiger partial charge in [-0.25, -0.2) is 9.37 Å². The first-order chi connectivity index (χ1) is 13.8. The van der Waals surface area contributed by atoms with Crippen molar-refractivity contribution in [3.8, 4) is 0 Å². The molecule has 0 N–H and O–H groups in total. The average Bonchev–Trinajstić information content (AvgIpc) is 3.03. The number of likely N-dealkylation sites (tertiary alicyclic amines) is 1. The number of likely N-dealkylation sites (N-methyl/N-ethyl adjacent to an activating group) is 2. The third-order valence-corrected chi connectivity index (χ3v) is 6.12. The molecule has 2 saturated heterocycles. The van der Waals surface area contributed by atoms with Gasteiger partial charge in [0.15, 0.2) is 0 Å². The number of hydrogen-bond donors (Lipinski definition) is 0. The highest BCUT2D eigenvalue weighted by Crippen LogP contribution is 2.24. The number of nitrogens with zero attached hydrogens (tertiary/aromatic N) is 5. The van der Waals surface area contributed by atoms with Crippen LogP contribution in [0.5, 0.6) is 0 Å². The number of imide groups is 1. The highest BCUT2D eigenvalue weighted by molar-refractivity contribution is 6.23. The van der Waals surface area contributed by atoms with E-state index in [1.807, 2.05) is 18.2 Å². The van der Waals surface area contributed by atoms with Gasteiger partial charge in [0, 0.05) is 27.2 Å². The maximum atomic E-state index is 13.0. The molecule has 7 heteroatoms. The van der Waals surface area contributed by atoms with Crippen LogP contribution in [-0.4, -0.2) is 82.7 Å². The number of aliphatic imine (C=N–C) groups is 1. The molecule has 0 spiro atoms. The fourth-order valence-electron chi connectivity index (χ4n) is 4.86. The van der Waals surface area contributed by atoms with Gasteiger partial charge in [-0.15, -0.1) is 0 Å². The van der Waals surface area contributed by atoms with Crippen molar-refractivity contribution >= 4 is 23.6 Å². The number of piperidine rings is 1. The van der Waals surface area contributed by atoms with Crippen molar-refractivity contribution in [2.24, 2.45) is 16.8 Å². The van der Waals surface area contributed by atoms with Crippen molar-refractivity contribution in [2.45, 2.75) is 32.9 Å². The molecule has 154 valence electrons. The predicted octanol–water partition coefficient (Wildman–Crippen LogP) is 1.88. The molecule has 3 unspecified atom stereocenters. The zero-order chi connectivity index (χ0) is 20.7. The Morgan fingerprint density at radius 3 is 2.34 bits per heavy atom. The summed E-state index contributed by atoms with van der Waals surface area (Å²) in [7, 11) is 3.25. The molecule has 7 nitrogen and oxygen atoms in total. The van der Waals surface area contributed by atoms with Gasteiger partial charge in [0.1, 0.15) is 13.1 Å². The van der Waals surface area contributed by atoms with Crippen LogP contribution in [0, 0.1) is 11.8 Å². The molecular weight excluding hydrogens is 366 g/mol. The summed E-state index contributed by atoms with van der Waals surface area (Å²) in [5, 5.41) is 0. The second-order valence-corrected chi connectivity index (χ2v) is 8.78. The summed E-state index contributed by atoms with van der Waals surface area (Å²) >= 11 is 0. The molecule has 2 fully saturated rings. The van der Waals surface area contributed by atoms with Gasteiger partial charge in [-0.2, -0.15) is 0 Å². The van der Waals surface area contributed by atoms with Crippen molar-refractivity contribution in [1.29, 1.82) is 0 Å². The molecule has 1 aromatic carbocycles. The summed E-state index contributed by atoms with van der Waals surface area (Å²) < 4.78 is 2.08. The Morgan fingerprint density at radius 2 is 1.69 bits per heavy atom.